The molecule has 0 bridgehead atoms. The summed E-state index contributed by atoms with van der Waals surface area (Å²) in [5.74, 6) is 1.59. The Labute approximate surface area is 140 Å². The number of piperidine rings is 1. The molecule has 2 aromatic heterocycles. The van der Waals surface area contributed by atoms with Gasteiger partial charge in [-0.25, -0.2) is 9.78 Å². The topological polar surface area (TPSA) is 55.6 Å². The molecule has 0 aliphatic carbocycles. The molecule has 0 amide bonds. The minimum absolute atomic E-state index is 0.0822. The molecule has 23 heavy (non-hydrogen) atoms. The van der Waals surface area contributed by atoms with Crippen molar-refractivity contribution in [3.63, 3.8) is 0 Å². The molecule has 3 rings (SSSR count). The molecule has 0 atom stereocenters. The zero-order chi connectivity index (χ0) is 16.2. The third-order valence-corrected chi connectivity index (χ3v) is 4.19. The fourth-order valence-corrected chi connectivity index (χ4v) is 2.76. The predicted octanol–water partition coefficient (Wildman–Crippen LogP) is 3.72. The van der Waals surface area contributed by atoms with Crippen LogP contribution < -0.4 is 4.90 Å². The van der Waals surface area contributed by atoms with Crippen molar-refractivity contribution in [2.75, 3.05) is 18.0 Å². The zero-order valence-corrected chi connectivity index (χ0v) is 13.8. The Morgan fingerprint density at radius 3 is 2.74 bits per heavy atom. The number of aryl methyl sites for hydroxylation is 1. The van der Waals surface area contributed by atoms with Gasteiger partial charge in [-0.2, -0.15) is 0 Å². The Morgan fingerprint density at radius 1 is 1.35 bits per heavy atom. The second kappa shape index (κ2) is 7.04. The van der Waals surface area contributed by atoms with Crippen LogP contribution in [0.15, 0.2) is 34.9 Å². The zero-order valence-electron chi connectivity index (χ0n) is 13.0. The highest BCUT2D eigenvalue weighted by molar-refractivity contribution is 6.30. The van der Waals surface area contributed by atoms with E-state index in [4.69, 9.17) is 20.8 Å². The van der Waals surface area contributed by atoms with Gasteiger partial charge in [0.05, 0.1) is 5.02 Å². The lowest BCUT2D eigenvalue weighted by Gasteiger charge is -2.32. The summed E-state index contributed by atoms with van der Waals surface area (Å²) >= 11 is 5.85. The minimum Gasteiger partial charge on any atom is -0.456 e. The van der Waals surface area contributed by atoms with Crippen LogP contribution in [0.25, 0.3) is 0 Å². The molecule has 0 spiro atoms. The maximum absolute atomic E-state index is 12.1. The predicted molar refractivity (Wildman–Crippen MR) is 88.0 cm³/mol. The van der Waals surface area contributed by atoms with E-state index in [9.17, 15) is 4.79 Å². The van der Waals surface area contributed by atoms with Crippen molar-refractivity contribution in [2.45, 2.75) is 32.3 Å². The van der Waals surface area contributed by atoms with Crippen molar-refractivity contribution in [2.24, 2.45) is 0 Å². The summed E-state index contributed by atoms with van der Waals surface area (Å²) in [5.41, 5.74) is 0. The number of pyridine rings is 1. The van der Waals surface area contributed by atoms with Crippen LogP contribution in [0.5, 0.6) is 0 Å². The third kappa shape index (κ3) is 3.85. The number of nitrogens with zero attached hydrogens (tertiary/aromatic N) is 2. The largest absolute Gasteiger partial charge is 0.456 e. The second-order valence-corrected chi connectivity index (χ2v) is 5.98. The summed E-state index contributed by atoms with van der Waals surface area (Å²) in [5, 5.41) is 0.627. The Kier molecular flexibility index (Phi) is 4.86. The monoisotopic (exact) mass is 334 g/mol. The van der Waals surface area contributed by atoms with Gasteiger partial charge in [-0.15, -0.1) is 0 Å². The molecule has 1 saturated heterocycles. The highest BCUT2D eigenvalue weighted by Crippen LogP contribution is 2.22. The van der Waals surface area contributed by atoms with Crippen LogP contribution in [-0.2, 0) is 11.2 Å². The van der Waals surface area contributed by atoms with Crippen molar-refractivity contribution < 1.29 is 13.9 Å². The van der Waals surface area contributed by atoms with Gasteiger partial charge >= 0.3 is 5.97 Å². The summed E-state index contributed by atoms with van der Waals surface area (Å²) in [6.45, 7) is 3.57. The van der Waals surface area contributed by atoms with Crippen molar-refractivity contribution >= 4 is 23.4 Å². The molecule has 1 aliphatic rings. The molecule has 3 heterocycles. The summed E-state index contributed by atoms with van der Waals surface area (Å²) < 4.78 is 11.0. The number of esters is 1. The van der Waals surface area contributed by atoms with Crippen LogP contribution in [-0.4, -0.2) is 30.1 Å². The first-order chi connectivity index (χ1) is 11.2. The van der Waals surface area contributed by atoms with Crippen LogP contribution in [0.4, 0.5) is 5.82 Å². The number of aromatic nitrogens is 1. The van der Waals surface area contributed by atoms with Crippen molar-refractivity contribution in [3.05, 3.63) is 47.0 Å². The van der Waals surface area contributed by atoms with E-state index in [-0.39, 0.29) is 17.8 Å². The lowest BCUT2D eigenvalue weighted by Crippen LogP contribution is -2.38. The molecule has 1 fully saturated rings. The summed E-state index contributed by atoms with van der Waals surface area (Å²) in [6.07, 6.45) is 3.88. The minimum atomic E-state index is -0.382. The number of halogens is 1. The molecule has 6 heteroatoms. The standard InChI is InChI=1S/C17H19ClN2O3/c1-2-13-4-5-15(22-13)17(21)23-14-7-9-20(10-8-14)16-6-3-12(18)11-19-16/h3-6,11,14H,2,7-10H2,1H3. The van der Waals surface area contributed by atoms with Gasteiger partial charge in [0.15, 0.2) is 0 Å². The average molecular weight is 335 g/mol. The smallest absolute Gasteiger partial charge is 0.374 e. The first-order valence-electron chi connectivity index (χ1n) is 7.82. The number of hydrogen-bond donors (Lipinski definition) is 0. The number of ether oxygens (including phenoxy) is 1. The molecule has 0 unspecified atom stereocenters. The first-order valence-corrected chi connectivity index (χ1v) is 8.19. The highest BCUT2D eigenvalue weighted by atomic mass is 35.5. The van der Waals surface area contributed by atoms with Crippen LogP contribution in [0.3, 0.4) is 0 Å². The fraction of sp³-hybridized carbons (Fsp3) is 0.412. The Morgan fingerprint density at radius 2 is 2.13 bits per heavy atom. The second-order valence-electron chi connectivity index (χ2n) is 5.55. The first kappa shape index (κ1) is 15.9. The van der Waals surface area contributed by atoms with Crippen LogP contribution >= 0.6 is 11.6 Å². The molecule has 122 valence electrons. The van der Waals surface area contributed by atoms with E-state index in [1.807, 2.05) is 25.1 Å². The Balaban J connectivity index is 1.52. The number of hydrogen-bond acceptors (Lipinski definition) is 5. The maximum atomic E-state index is 12.1. The number of carbonyl (C=O) groups is 1. The molecular weight excluding hydrogens is 316 g/mol. The van der Waals surface area contributed by atoms with Crippen LogP contribution in [0, 0.1) is 0 Å². The molecule has 1 aliphatic heterocycles. The molecule has 0 aromatic carbocycles. The Hall–Kier alpha value is -2.01. The quantitative estimate of drug-likeness (QED) is 0.798. The van der Waals surface area contributed by atoms with Gasteiger partial charge in [-0.1, -0.05) is 18.5 Å². The van der Waals surface area contributed by atoms with Gasteiger partial charge in [-0.05, 0) is 24.3 Å². The van der Waals surface area contributed by atoms with E-state index in [0.717, 1.165) is 43.9 Å². The van der Waals surface area contributed by atoms with Gasteiger partial charge in [0, 0.05) is 38.5 Å². The van der Waals surface area contributed by atoms with E-state index in [2.05, 4.69) is 9.88 Å². The van der Waals surface area contributed by atoms with Crippen LogP contribution in [0.2, 0.25) is 5.02 Å². The number of rotatable bonds is 4. The molecule has 5 nitrogen and oxygen atoms in total. The van der Waals surface area contributed by atoms with E-state index in [1.54, 1.807) is 12.3 Å². The summed E-state index contributed by atoms with van der Waals surface area (Å²) in [7, 11) is 0. The highest BCUT2D eigenvalue weighted by Gasteiger charge is 2.24. The van der Waals surface area contributed by atoms with Crippen LogP contribution in [0.1, 0.15) is 36.1 Å². The summed E-state index contributed by atoms with van der Waals surface area (Å²) in [4.78, 5) is 18.6. The van der Waals surface area contributed by atoms with Gasteiger partial charge in [0.25, 0.3) is 0 Å². The SMILES string of the molecule is CCc1ccc(C(=O)OC2CCN(c3ccc(Cl)cn3)CC2)o1. The lowest BCUT2D eigenvalue weighted by molar-refractivity contribution is 0.0208. The van der Waals surface area contributed by atoms with Crippen molar-refractivity contribution in [3.8, 4) is 0 Å². The summed E-state index contributed by atoms with van der Waals surface area (Å²) in [6, 6.07) is 7.22. The number of anilines is 1. The molecule has 0 saturated carbocycles. The molecule has 0 N–H and O–H groups in total. The molecular formula is C17H19ClN2O3. The maximum Gasteiger partial charge on any atom is 0.374 e. The third-order valence-electron chi connectivity index (χ3n) is 3.96. The van der Waals surface area contributed by atoms with E-state index in [0.29, 0.717) is 5.02 Å². The van der Waals surface area contributed by atoms with Gasteiger partial charge in [0.1, 0.15) is 17.7 Å². The van der Waals surface area contributed by atoms with Crippen molar-refractivity contribution in [1.29, 1.82) is 0 Å². The number of furan rings is 1. The molecule has 0 radical (unpaired) electrons. The normalized spacial score (nSPS) is 15.7. The fourth-order valence-electron chi connectivity index (χ4n) is 2.64. The van der Waals surface area contributed by atoms with E-state index in [1.165, 1.54) is 0 Å². The van der Waals surface area contributed by atoms with Crippen molar-refractivity contribution in [1.82, 2.24) is 4.98 Å². The average Bonchev–Trinajstić information content (AvgIpc) is 3.06. The van der Waals surface area contributed by atoms with E-state index >= 15 is 0 Å². The van der Waals surface area contributed by atoms with E-state index < -0.39 is 0 Å². The Bertz CT molecular complexity index is 661. The van der Waals surface area contributed by atoms with Gasteiger partial charge in [0.2, 0.25) is 5.76 Å². The molecule has 2 aromatic rings. The van der Waals surface area contributed by atoms with Gasteiger partial charge in [-0.3, -0.25) is 0 Å². The van der Waals surface area contributed by atoms with Gasteiger partial charge < -0.3 is 14.1 Å². The number of carbonyl (C=O) groups excluding carboxylic acids is 1. The lowest BCUT2D eigenvalue weighted by atomic mass is 10.1.